The second-order valence-electron chi connectivity index (χ2n) is 7.40. The van der Waals surface area contributed by atoms with Crippen molar-refractivity contribution in [2.24, 2.45) is 5.10 Å². The van der Waals surface area contributed by atoms with Gasteiger partial charge in [0, 0.05) is 23.0 Å². The minimum Gasteiger partial charge on any atom is -0.497 e. The fourth-order valence-electron chi connectivity index (χ4n) is 3.50. The maximum Gasteiger partial charge on any atom is 0.418 e. The van der Waals surface area contributed by atoms with Gasteiger partial charge in [-0.05, 0) is 44.2 Å². The van der Waals surface area contributed by atoms with E-state index in [1.165, 1.54) is 49.3 Å². The van der Waals surface area contributed by atoms with Gasteiger partial charge in [0.15, 0.2) is 0 Å². The van der Waals surface area contributed by atoms with E-state index in [4.69, 9.17) is 9.47 Å². The first kappa shape index (κ1) is 25.3. The molecular weight excluding hydrogens is 465 g/mol. The van der Waals surface area contributed by atoms with Crippen molar-refractivity contribution in [1.82, 2.24) is 9.99 Å². The molecule has 0 radical (unpaired) electrons. The van der Waals surface area contributed by atoms with Gasteiger partial charge in [-0.3, -0.25) is 9.59 Å². The van der Waals surface area contributed by atoms with E-state index in [0.717, 1.165) is 6.07 Å². The minimum absolute atomic E-state index is 0.0229. The third kappa shape index (κ3) is 5.62. The first-order valence-corrected chi connectivity index (χ1v) is 10.3. The number of hydrogen-bond donors (Lipinski definition) is 2. The van der Waals surface area contributed by atoms with Crippen LogP contribution in [0.5, 0.6) is 11.5 Å². The fraction of sp³-hybridized carbons (Fsp3) is 0.208. The summed E-state index contributed by atoms with van der Waals surface area (Å²) < 4.78 is 52.1. The van der Waals surface area contributed by atoms with Gasteiger partial charge in [0.25, 0.3) is 0 Å². The van der Waals surface area contributed by atoms with E-state index in [2.05, 4.69) is 15.8 Å². The van der Waals surface area contributed by atoms with Gasteiger partial charge in [-0.25, -0.2) is 5.43 Å². The van der Waals surface area contributed by atoms with Crippen molar-refractivity contribution in [3.63, 3.8) is 0 Å². The van der Waals surface area contributed by atoms with Gasteiger partial charge < -0.3 is 19.4 Å². The molecule has 0 unspecified atom stereocenters. The van der Waals surface area contributed by atoms with Gasteiger partial charge in [0.05, 0.1) is 37.4 Å². The Morgan fingerprint density at radius 1 is 1.00 bits per heavy atom. The number of rotatable bonds is 6. The quantitative estimate of drug-likeness (QED) is 0.309. The van der Waals surface area contributed by atoms with Crippen molar-refractivity contribution in [2.75, 3.05) is 19.5 Å². The molecule has 1 heterocycles. The van der Waals surface area contributed by atoms with Crippen LogP contribution in [0.3, 0.4) is 0 Å². The van der Waals surface area contributed by atoms with Gasteiger partial charge in [-0.1, -0.05) is 12.1 Å². The number of nitrogens with one attached hydrogen (secondary N) is 2. The second kappa shape index (κ2) is 10.3. The Hall–Kier alpha value is -4.28. The summed E-state index contributed by atoms with van der Waals surface area (Å²) in [6, 6.07) is 11.5. The molecule has 3 rings (SSSR count). The van der Waals surface area contributed by atoms with Crippen molar-refractivity contribution >= 4 is 23.7 Å². The highest BCUT2D eigenvalue weighted by Gasteiger charge is 2.34. The van der Waals surface area contributed by atoms with Gasteiger partial charge in [-0.2, -0.15) is 18.3 Å². The molecule has 0 aliphatic carbocycles. The lowest BCUT2D eigenvalue weighted by Gasteiger charge is -2.16. The van der Waals surface area contributed by atoms with E-state index < -0.39 is 23.6 Å². The average Bonchev–Trinajstić information content (AvgIpc) is 3.10. The number of nitrogens with zero attached hydrogens (tertiary/aromatic N) is 2. The molecule has 0 saturated carbocycles. The number of aromatic nitrogens is 1. The van der Waals surface area contributed by atoms with Crippen LogP contribution in [0.25, 0.3) is 5.69 Å². The summed E-state index contributed by atoms with van der Waals surface area (Å²) in [6.45, 7) is 3.29. The van der Waals surface area contributed by atoms with E-state index in [1.807, 2.05) is 0 Å². The summed E-state index contributed by atoms with van der Waals surface area (Å²) in [7, 11) is 2.86. The molecule has 0 aliphatic rings. The molecule has 35 heavy (non-hydrogen) atoms. The Labute approximate surface area is 199 Å². The molecule has 2 N–H and O–H groups in total. The number of amides is 2. The van der Waals surface area contributed by atoms with Crippen molar-refractivity contribution in [2.45, 2.75) is 20.0 Å². The van der Waals surface area contributed by atoms with Crippen molar-refractivity contribution in [1.29, 1.82) is 0 Å². The van der Waals surface area contributed by atoms with E-state index in [-0.39, 0.29) is 11.4 Å². The Bertz CT molecular complexity index is 1280. The molecule has 1 aromatic heterocycles. The summed E-state index contributed by atoms with van der Waals surface area (Å²) in [4.78, 5) is 24.4. The van der Waals surface area contributed by atoms with Crippen LogP contribution in [0.2, 0.25) is 0 Å². The zero-order valence-corrected chi connectivity index (χ0v) is 19.4. The van der Waals surface area contributed by atoms with Crippen molar-refractivity contribution in [3.05, 3.63) is 71.0 Å². The SMILES string of the molecule is COc1ccc(OC)c(NC(=O)C(=O)NN=Cc2cc(C)n(-c3ccccc3C(F)(F)F)c2C)c1. The number of hydrazone groups is 1. The molecule has 184 valence electrons. The lowest BCUT2D eigenvalue weighted by molar-refractivity contribution is -0.137. The highest BCUT2D eigenvalue weighted by atomic mass is 19.4. The summed E-state index contributed by atoms with van der Waals surface area (Å²) >= 11 is 0. The van der Waals surface area contributed by atoms with Crippen LogP contribution in [-0.2, 0) is 15.8 Å². The molecule has 0 spiro atoms. The topological polar surface area (TPSA) is 93.9 Å². The van der Waals surface area contributed by atoms with Crippen LogP contribution in [-0.4, -0.2) is 36.8 Å². The second-order valence-corrected chi connectivity index (χ2v) is 7.40. The number of halogens is 3. The maximum atomic E-state index is 13.5. The molecule has 2 amide bonds. The van der Waals surface area contributed by atoms with E-state index >= 15 is 0 Å². The molecule has 3 aromatic rings. The number of benzene rings is 2. The minimum atomic E-state index is -4.53. The summed E-state index contributed by atoms with van der Waals surface area (Å²) in [6.07, 6.45) is -3.27. The predicted octanol–water partition coefficient (Wildman–Crippen LogP) is 4.22. The Kier molecular flexibility index (Phi) is 7.48. The number of para-hydroxylation sites is 1. The summed E-state index contributed by atoms with van der Waals surface area (Å²) in [5, 5.41) is 6.19. The number of methoxy groups -OCH3 is 2. The first-order valence-electron chi connectivity index (χ1n) is 10.3. The Morgan fingerprint density at radius 3 is 2.37 bits per heavy atom. The number of anilines is 1. The third-order valence-electron chi connectivity index (χ3n) is 5.15. The standard InChI is InChI=1S/C24H23F3N4O4/c1-14-11-16(15(2)31(14)20-8-6-5-7-18(20)24(25,26)27)13-28-30-23(33)22(32)29-19-12-17(34-3)9-10-21(19)35-4/h5-13H,1-4H3,(H,29,32)(H,30,33). The lowest BCUT2D eigenvalue weighted by atomic mass is 10.1. The number of carbonyl (C=O) groups excluding carboxylic acids is 2. The molecule has 11 heteroatoms. The fourth-order valence-corrected chi connectivity index (χ4v) is 3.50. The molecule has 0 bridgehead atoms. The zero-order valence-electron chi connectivity index (χ0n) is 19.4. The van der Waals surface area contributed by atoms with Crippen LogP contribution >= 0.6 is 0 Å². The molecule has 0 fully saturated rings. The third-order valence-corrected chi connectivity index (χ3v) is 5.15. The molecule has 0 aliphatic heterocycles. The van der Waals surface area contributed by atoms with Crippen LogP contribution in [0.1, 0.15) is 22.5 Å². The van der Waals surface area contributed by atoms with Crippen LogP contribution in [0.15, 0.2) is 53.6 Å². The summed E-state index contributed by atoms with van der Waals surface area (Å²) in [5.74, 6) is -1.29. The smallest absolute Gasteiger partial charge is 0.418 e. The Morgan fingerprint density at radius 2 is 1.71 bits per heavy atom. The molecule has 0 atom stereocenters. The van der Waals surface area contributed by atoms with E-state index in [1.54, 1.807) is 32.0 Å². The summed E-state index contributed by atoms with van der Waals surface area (Å²) in [5.41, 5.74) is 3.01. The predicted molar refractivity (Wildman–Crippen MR) is 124 cm³/mol. The zero-order chi connectivity index (χ0) is 25.8. The number of ether oxygens (including phenoxy) is 2. The van der Waals surface area contributed by atoms with Crippen LogP contribution < -0.4 is 20.2 Å². The van der Waals surface area contributed by atoms with E-state index in [9.17, 15) is 22.8 Å². The van der Waals surface area contributed by atoms with Gasteiger partial charge in [0.2, 0.25) is 0 Å². The monoisotopic (exact) mass is 488 g/mol. The number of alkyl halides is 3. The molecule has 0 saturated heterocycles. The van der Waals surface area contributed by atoms with Crippen molar-refractivity contribution < 1.29 is 32.2 Å². The number of hydrogen-bond acceptors (Lipinski definition) is 5. The molecule has 8 nitrogen and oxygen atoms in total. The molecular formula is C24H23F3N4O4. The lowest BCUT2D eigenvalue weighted by Crippen LogP contribution is -2.32. The maximum absolute atomic E-state index is 13.5. The van der Waals surface area contributed by atoms with Gasteiger partial charge >= 0.3 is 18.0 Å². The number of aryl methyl sites for hydroxylation is 1. The molecule has 2 aromatic carbocycles. The average molecular weight is 488 g/mol. The van der Waals surface area contributed by atoms with Crippen LogP contribution in [0, 0.1) is 13.8 Å². The van der Waals surface area contributed by atoms with Gasteiger partial charge in [0.1, 0.15) is 11.5 Å². The van der Waals surface area contributed by atoms with Crippen molar-refractivity contribution in [3.8, 4) is 17.2 Å². The highest BCUT2D eigenvalue weighted by Crippen LogP contribution is 2.35. The first-order chi connectivity index (χ1) is 16.6. The number of carbonyl (C=O) groups is 2. The Balaban J connectivity index is 1.76. The largest absolute Gasteiger partial charge is 0.497 e. The van der Waals surface area contributed by atoms with Gasteiger partial charge in [-0.15, -0.1) is 0 Å². The van der Waals surface area contributed by atoms with E-state index in [0.29, 0.717) is 28.5 Å². The highest BCUT2D eigenvalue weighted by molar-refractivity contribution is 6.39. The normalized spacial score (nSPS) is 11.4. The van der Waals surface area contributed by atoms with Crippen LogP contribution in [0.4, 0.5) is 18.9 Å².